The molecule has 0 aliphatic heterocycles. The van der Waals surface area contributed by atoms with Gasteiger partial charge in [0.15, 0.2) is 0 Å². The molecule has 0 spiro atoms. The van der Waals surface area contributed by atoms with Crippen molar-refractivity contribution in [2.24, 2.45) is 0 Å². The van der Waals surface area contributed by atoms with Crippen LogP contribution in [0, 0.1) is 0 Å². The van der Waals surface area contributed by atoms with Crippen LogP contribution in [-0.2, 0) is 19.0 Å². The fourth-order valence-electron chi connectivity index (χ4n) is 3.71. The van der Waals surface area contributed by atoms with Gasteiger partial charge >= 0.3 is 5.97 Å². The van der Waals surface area contributed by atoms with Crippen molar-refractivity contribution in [1.29, 1.82) is 0 Å². The lowest BCUT2D eigenvalue weighted by Gasteiger charge is -2.21. The lowest BCUT2D eigenvalue weighted by Crippen LogP contribution is -2.18. The summed E-state index contributed by atoms with van der Waals surface area (Å²) in [6, 6.07) is 0. The van der Waals surface area contributed by atoms with E-state index in [0.717, 1.165) is 70.6 Å². The molecule has 28 heavy (non-hydrogen) atoms. The normalized spacial score (nSPS) is 14.7. The van der Waals surface area contributed by atoms with Gasteiger partial charge in [-0.1, -0.05) is 45.4 Å². The van der Waals surface area contributed by atoms with Crippen molar-refractivity contribution in [1.82, 2.24) is 0 Å². The number of carbonyl (C=O) groups is 1. The van der Waals surface area contributed by atoms with Crippen LogP contribution in [0.4, 0.5) is 0 Å². The van der Waals surface area contributed by atoms with E-state index in [-0.39, 0.29) is 6.42 Å². The van der Waals surface area contributed by atoms with Gasteiger partial charge in [0.25, 0.3) is 0 Å². The van der Waals surface area contributed by atoms with Crippen LogP contribution in [0.15, 0.2) is 0 Å². The third-order valence-corrected chi connectivity index (χ3v) is 5.66. The van der Waals surface area contributed by atoms with Crippen molar-refractivity contribution in [3.63, 3.8) is 0 Å². The highest BCUT2D eigenvalue weighted by atomic mass is 16.5. The number of unbranched alkanes of at least 4 members (excludes halogenated alkanes) is 5. The Balaban J connectivity index is 3.88. The van der Waals surface area contributed by atoms with Gasteiger partial charge in [-0.2, -0.15) is 0 Å². The maximum Gasteiger partial charge on any atom is 0.303 e. The largest absolute Gasteiger partial charge is 0.481 e. The van der Waals surface area contributed by atoms with E-state index in [2.05, 4.69) is 6.92 Å². The standard InChI is InChI=1S/C23H46O5/c1-5-6-9-13-21(27-3)18-19-22(28-4)16-12-15-20(26-2)14-10-7-8-11-17-23(24)25/h20-22H,5-19H2,1-4H3,(H,24,25). The summed E-state index contributed by atoms with van der Waals surface area (Å²) < 4.78 is 16.9. The molecule has 0 aromatic heterocycles. The molecule has 0 heterocycles. The van der Waals surface area contributed by atoms with Crippen molar-refractivity contribution in [3.8, 4) is 0 Å². The molecular weight excluding hydrogens is 356 g/mol. The summed E-state index contributed by atoms with van der Waals surface area (Å²) in [5.74, 6) is -0.694. The van der Waals surface area contributed by atoms with E-state index in [1.165, 1.54) is 19.3 Å². The Morgan fingerprint density at radius 3 is 1.54 bits per heavy atom. The third kappa shape index (κ3) is 16.3. The number of aliphatic carboxylic acids is 1. The quantitative estimate of drug-likeness (QED) is 0.239. The van der Waals surface area contributed by atoms with E-state index < -0.39 is 5.97 Å². The molecular formula is C23H46O5. The Bertz CT molecular complexity index is 348. The lowest BCUT2D eigenvalue weighted by atomic mass is 9.99. The summed E-state index contributed by atoms with van der Waals surface area (Å²) in [5.41, 5.74) is 0. The summed E-state index contributed by atoms with van der Waals surface area (Å²) in [5, 5.41) is 8.65. The predicted molar refractivity (Wildman–Crippen MR) is 115 cm³/mol. The Kier molecular flexibility index (Phi) is 19.2. The van der Waals surface area contributed by atoms with E-state index in [4.69, 9.17) is 19.3 Å². The lowest BCUT2D eigenvalue weighted by molar-refractivity contribution is -0.137. The van der Waals surface area contributed by atoms with Gasteiger partial charge in [-0.25, -0.2) is 0 Å². The van der Waals surface area contributed by atoms with E-state index >= 15 is 0 Å². The Morgan fingerprint density at radius 1 is 0.643 bits per heavy atom. The zero-order chi connectivity index (χ0) is 21.0. The van der Waals surface area contributed by atoms with Crippen molar-refractivity contribution >= 4 is 5.97 Å². The second-order valence-corrected chi connectivity index (χ2v) is 7.92. The first-order valence-electron chi connectivity index (χ1n) is 11.4. The molecule has 0 amide bonds. The third-order valence-electron chi connectivity index (χ3n) is 5.66. The average Bonchev–Trinajstić information content (AvgIpc) is 2.69. The molecule has 0 aliphatic rings. The Labute approximate surface area is 173 Å². The van der Waals surface area contributed by atoms with Gasteiger partial charge in [0.05, 0.1) is 18.3 Å². The second-order valence-electron chi connectivity index (χ2n) is 7.92. The monoisotopic (exact) mass is 402 g/mol. The van der Waals surface area contributed by atoms with Crippen LogP contribution in [0.3, 0.4) is 0 Å². The van der Waals surface area contributed by atoms with Crippen LogP contribution in [0.25, 0.3) is 0 Å². The maximum absolute atomic E-state index is 10.5. The first kappa shape index (κ1) is 27.4. The van der Waals surface area contributed by atoms with Crippen molar-refractivity contribution < 1.29 is 24.1 Å². The van der Waals surface area contributed by atoms with Crippen LogP contribution in [0.5, 0.6) is 0 Å². The number of carboxylic acids is 1. The second kappa shape index (κ2) is 19.7. The molecule has 5 heteroatoms. The van der Waals surface area contributed by atoms with Gasteiger partial charge in [0.2, 0.25) is 0 Å². The van der Waals surface area contributed by atoms with Gasteiger partial charge in [0.1, 0.15) is 0 Å². The number of ether oxygens (including phenoxy) is 3. The van der Waals surface area contributed by atoms with Crippen LogP contribution >= 0.6 is 0 Å². The molecule has 0 aliphatic carbocycles. The molecule has 0 aromatic carbocycles. The molecule has 0 saturated carbocycles. The topological polar surface area (TPSA) is 65.0 Å². The minimum atomic E-state index is -0.694. The summed E-state index contributed by atoms with van der Waals surface area (Å²) in [6.45, 7) is 2.23. The van der Waals surface area contributed by atoms with E-state index in [9.17, 15) is 4.79 Å². The van der Waals surface area contributed by atoms with Gasteiger partial charge in [-0.05, 0) is 51.4 Å². The van der Waals surface area contributed by atoms with Crippen molar-refractivity contribution in [2.75, 3.05) is 21.3 Å². The summed E-state index contributed by atoms with van der Waals surface area (Å²) >= 11 is 0. The van der Waals surface area contributed by atoms with Crippen molar-refractivity contribution in [2.45, 2.75) is 122 Å². The first-order valence-corrected chi connectivity index (χ1v) is 11.4. The molecule has 1 N–H and O–H groups in total. The van der Waals surface area contributed by atoms with Gasteiger partial charge in [-0.15, -0.1) is 0 Å². The van der Waals surface area contributed by atoms with Crippen LogP contribution < -0.4 is 0 Å². The highest BCUT2D eigenvalue weighted by Gasteiger charge is 2.14. The first-order chi connectivity index (χ1) is 13.6. The SMILES string of the molecule is CCCCCC(CCC(CCCC(CCCCCCC(=O)O)OC)OC)OC. The molecule has 3 unspecified atom stereocenters. The van der Waals surface area contributed by atoms with Crippen LogP contribution in [0.2, 0.25) is 0 Å². The highest BCUT2D eigenvalue weighted by Crippen LogP contribution is 2.19. The zero-order valence-corrected chi connectivity index (χ0v) is 18.9. The highest BCUT2D eigenvalue weighted by molar-refractivity contribution is 5.66. The number of carboxylic acid groups (broad SMARTS) is 1. The van der Waals surface area contributed by atoms with E-state index in [0.29, 0.717) is 18.3 Å². The van der Waals surface area contributed by atoms with Gasteiger partial charge in [0, 0.05) is 27.8 Å². The maximum atomic E-state index is 10.5. The van der Waals surface area contributed by atoms with Crippen molar-refractivity contribution in [3.05, 3.63) is 0 Å². The molecule has 0 fully saturated rings. The molecule has 0 rings (SSSR count). The van der Waals surface area contributed by atoms with Gasteiger partial charge in [-0.3, -0.25) is 4.79 Å². The fourth-order valence-corrected chi connectivity index (χ4v) is 3.71. The number of hydrogen-bond acceptors (Lipinski definition) is 4. The average molecular weight is 403 g/mol. The summed E-state index contributed by atoms with van der Waals surface area (Å²) in [7, 11) is 5.43. The molecule has 5 nitrogen and oxygen atoms in total. The fraction of sp³-hybridized carbons (Fsp3) is 0.957. The Hall–Kier alpha value is -0.650. The smallest absolute Gasteiger partial charge is 0.303 e. The number of methoxy groups -OCH3 is 3. The predicted octanol–water partition coefficient (Wildman–Crippen LogP) is 5.99. The molecule has 168 valence electrons. The Morgan fingerprint density at radius 2 is 1.07 bits per heavy atom. The molecule has 3 atom stereocenters. The molecule has 0 saturated heterocycles. The minimum Gasteiger partial charge on any atom is -0.481 e. The zero-order valence-electron chi connectivity index (χ0n) is 18.9. The molecule has 0 bridgehead atoms. The summed E-state index contributed by atoms with van der Waals surface area (Å²) in [6.07, 6.45) is 16.6. The minimum absolute atomic E-state index is 0.286. The number of hydrogen-bond donors (Lipinski definition) is 1. The number of rotatable bonds is 21. The van der Waals surface area contributed by atoms with Crippen LogP contribution in [-0.4, -0.2) is 50.7 Å². The van der Waals surface area contributed by atoms with E-state index in [1.807, 2.05) is 14.2 Å². The van der Waals surface area contributed by atoms with Crippen LogP contribution in [0.1, 0.15) is 103 Å². The van der Waals surface area contributed by atoms with E-state index in [1.54, 1.807) is 7.11 Å². The van der Waals surface area contributed by atoms with Gasteiger partial charge < -0.3 is 19.3 Å². The summed E-state index contributed by atoms with van der Waals surface area (Å²) in [4.78, 5) is 10.5. The molecule has 0 aromatic rings. The molecule has 0 radical (unpaired) electrons.